The third kappa shape index (κ3) is 2.86. The van der Waals surface area contributed by atoms with E-state index >= 15 is 0 Å². The number of nitro groups is 2. The van der Waals surface area contributed by atoms with Gasteiger partial charge >= 0.3 is 0 Å². The van der Waals surface area contributed by atoms with E-state index in [1.54, 1.807) is 0 Å². The van der Waals surface area contributed by atoms with Crippen LogP contribution in [0.1, 0.15) is 0 Å². The van der Waals surface area contributed by atoms with Crippen LogP contribution in [0.2, 0.25) is 0 Å². The quantitative estimate of drug-likeness (QED) is 0.390. The second kappa shape index (κ2) is 6.43. The van der Waals surface area contributed by atoms with Crippen LogP contribution >= 0.6 is 0 Å². The van der Waals surface area contributed by atoms with E-state index in [-0.39, 0.29) is 34.1 Å². The fourth-order valence-corrected chi connectivity index (χ4v) is 2.38. The number of nitro benzene ring substituents is 2. The molecule has 2 N–H and O–H groups in total. The van der Waals surface area contributed by atoms with E-state index in [2.05, 4.69) is 10.6 Å². The molecule has 0 bridgehead atoms. The van der Waals surface area contributed by atoms with Gasteiger partial charge in [0.2, 0.25) is 0 Å². The lowest BCUT2D eigenvalue weighted by atomic mass is 10.1. The predicted molar refractivity (Wildman–Crippen MR) is 94.1 cm³/mol. The second-order valence-corrected chi connectivity index (χ2v) is 5.21. The molecule has 0 saturated heterocycles. The molecule has 0 saturated carbocycles. The summed E-state index contributed by atoms with van der Waals surface area (Å²) in [6.07, 6.45) is 0. The fraction of sp³-hybridized carbons (Fsp3) is 0. The third-order valence-corrected chi connectivity index (χ3v) is 3.63. The first kappa shape index (κ1) is 16.8. The summed E-state index contributed by atoms with van der Waals surface area (Å²) < 4.78 is 0. The van der Waals surface area contributed by atoms with Crippen LogP contribution in [0.15, 0.2) is 58.1 Å². The Morgan fingerprint density at radius 1 is 0.654 bits per heavy atom. The van der Waals surface area contributed by atoms with Gasteiger partial charge < -0.3 is 10.6 Å². The SMILES string of the molecule is O=c1c(Nc2ccccc2[N+](=O)[O-])c(Nc2ccccc2[N+](=O)[O-])c1=O. The first-order chi connectivity index (χ1) is 12.4. The zero-order chi connectivity index (χ0) is 18.8. The van der Waals surface area contributed by atoms with Crippen molar-refractivity contribution in [1.29, 1.82) is 0 Å². The van der Waals surface area contributed by atoms with Gasteiger partial charge in [0.05, 0.1) is 9.85 Å². The van der Waals surface area contributed by atoms with Gasteiger partial charge in [-0.1, -0.05) is 24.3 Å². The van der Waals surface area contributed by atoms with Crippen LogP contribution in [0.25, 0.3) is 0 Å². The van der Waals surface area contributed by atoms with Gasteiger partial charge in [0, 0.05) is 12.1 Å². The molecule has 0 radical (unpaired) electrons. The van der Waals surface area contributed by atoms with Gasteiger partial charge in [-0.2, -0.15) is 0 Å². The Morgan fingerprint density at radius 2 is 1.00 bits per heavy atom. The zero-order valence-corrected chi connectivity index (χ0v) is 13.0. The van der Waals surface area contributed by atoms with Crippen LogP contribution in [0.4, 0.5) is 34.1 Å². The van der Waals surface area contributed by atoms with Crippen LogP contribution in [0.3, 0.4) is 0 Å². The molecule has 0 aliphatic carbocycles. The van der Waals surface area contributed by atoms with E-state index in [1.165, 1.54) is 48.5 Å². The monoisotopic (exact) mass is 354 g/mol. The van der Waals surface area contributed by atoms with Crippen molar-refractivity contribution >= 4 is 34.1 Å². The number of hydrogen-bond donors (Lipinski definition) is 2. The van der Waals surface area contributed by atoms with Gasteiger partial charge in [-0.05, 0) is 12.1 Å². The largest absolute Gasteiger partial charge is 0.345 e. The average molecular weight is 354 g/mol. The molecule has 0 aliphatic rings. The molecular weight excluding hydrogens is 344 g/mol. The zero-order valence-electron chi connectivity index (χ0n) is 13.0. The minimum Gasteiger partial charge on any atom is -0.345 e. The van der Waals surface area contributed by atoms with Crippen LogP contribution in [-0.2, 0) is 0 Å². The van der Waals surface area contributed by atoms with E-state index in [9.17, 15) is 29.8 Å². The van der Waals surface area contributed by atoms with Crippen LogP contribution in [0.5, 0.6) is 0 Å². The van der Waals surface area contributed by atoms with E-state index in [0.29, 0.717) is 0 Å². The summed E-state index contributed by atoms with van der Waals surface area (Å²) in [7, 11) is 0. The molecule has 3 aromatic rings. The van der Waals surface area contributed by atoms with E-state index < -0.39 is 20.7 Å². The van der Waals surface area contributed by atoms with Gasteiger partial charge in [-0.25, -0.2) is 0 Å². The maximum Gasteiger partial charge on any atom is 0.292 e. The smallest absolute Gasteiger partial charge is 0.292 e. The van der Waals surface area contributed by atoms with Gasteiger partial charge in [0.15, 0.2) is 0 Å². The van der Waals surface area contributed by atoms with Gasteiger partial charge in [0.1, 0.15) is 22.7 Å². The van der Waals surface area contributed by atoms with Gasteiger partial charge in [0.25, 0.3) is 22.2 Å². The second-order valence-electron chi connectivity index (χ2n) is 5.21. The Morgan fingerprint density at radius 3 is 1.35 bits per heavy atom. The molecule has 0 fully saturated rings. The minimum atomic E-state index is -0.871. The summed E-state index contributed by atoms with van der Waals surface area (Å²) in [5, 5.41) is 27.2. The number of benzene rings is 2. The Kier molecular flexibility index (Phi) is 4.15. The molecular formula is C16H10N4O6. The van der Waals surface area contributed by atoms with E-state index in [4.69, 9.17) is 0 Å². The van der Waals surface area contributed by atoms with E-state index in [1.807, 2.05) is 0 Å². The molecule has 3 rings (SSSR count). The molecule has 3 aromatic carbocycles. The highest BCUT2D eigenvalue weighted by Crippen LogP contribution is 2.32. The Labute approximate surface area is 144 Å². The summed E-state index contributed by atoms with van der Waals surface area (Å²) in [6.45, 7) is 0. The first-order valence-corrected chi connectivity index (χ1v) is 7.24. The minimum absolute atomic E-state index is 0.0233. The standard InChI is InChI=1S/C16H10N4O6/c21-15-13(17-9-5-1-3-7-11(9)19(23)24)14(16(15)22)18-10-6-2-4-8-12(10)20(25)26/h1-8,17-18H. The Balaban J connectivity index is 1.98. The lowest BCUT2D eigenvalue weighted by molar-refractivity contribution is -0.384. The van der Waals surface area contributed by atoms with Crippen molar-refractivity contribution in [1.82, 2.24) is 0 Å². The number of nitrogens with zero attached hydrogens (tertiary/aromatic N) is 2. The van der Waals surface area contributed by atoms with Crippen LogP contribution in [0, 0.1) is 20.2 Å². The van der Waals surface area contributed by atoms with Crippen molar-refractivity contribution in [2.75, 3.05) is 10.6 Å². The highest BCUT2D eigenvalue weighted by atomic mass is 16.6. The summed E-state index contributed by atoms with van der Waals surface area (Å²) in [5.41, 5.74) is -2.64. The van der Waals surface area contributed by atoms with Crippen molar-refractivity contribution in [3.8, 4) is 0 Å². The van der Waals surface area contributed by atoms with Crippen molar-refractivity contribution < 1.29 is 9.85 Å². The van der Waals surface area contributed by atoms with Gasteiger partial charge in [-0.3, -0.25) is 29.8 Å². The summed E-state index contributed by atoms with van der Waals surface area (Å²) in [4.78, 5) is 44.5. The number of anilines is 4. The van der Waals surface area contributed by atoms with Crippen LogP contribution < -0.4 is 21.5 Å². The predicted octanol–water partition coefficient (Wildman–Crippen LogP) is 2.59. The third-order valence-electron chi connectivity index (χ3n) is 3.63. The number of para-hydroxylation sites is 4. The Bertz CT molecular complexity index is 1010. The van der Waals surface area contributed by atoms with Crippen molar-refractivity contribution in [2.45, 2.75) is 0 Å². The number of rotatable bonds is 6. The van der Waals surface area contributed by atoms with Crippen LogP contribution in [-0.4, -0.2) is 9.85 Å². The van der Waals surface area contributed by atoms with Crippen molar-refractivity contribution in [3.63, 3.8) is 0 Å². The highest BCUT2D eigenvalue weighted by molar-refractivity contribution is 5.85. The molecule has 0 atom stereocenters. The average Bonchev–Trinajstić information content (AvgIpc) is 2.64. The lowest BCUT2D eigenvalue weighted by Crippen LogP contribution is -2.36. The molecule has 0 spiro atoms. The molecule has 0 unspecified atom stereocenters. The van der Waals surface area contributed by atoms with Crippen molar-refractivity contribution in [2.24, 2.45) is 0 Å². The summed E-state index contributed by atoms with van der Waals surface area (Å²) >= 11 is 0. The number of nitrogens with one attached hydrogen (secondary N) is 2. The van der Waals surface area contributed by atoms with Crippen molar-refractivity contribution in [3.05, 3.63) is 89.2 Å². The number of hydrogen-bond acceptors (Lipinski definition) is 8. The molecule has 10 heteroatoms. The summed E-state index contributed by atoms with van der Waals surface area (Å²) in [5.74, 6) is 0. The summed E-state index contributed by atoms with van der Waals surface area (Å²) in [6, 6.07) is 11.2. The molecule has 0 amide bonds. The Hall–Kier alpha value is -4.08. The highest BCUT2D eigenvalue weighted by Gasteiger charge is 2.25. The molecule has 0 aliphatic heterocycles. The maximum atomic E-state index is 11.9. The molecule has 0 heterocycles. The van der Waals surface area contributed by atoms with E-state index in [0.717, 1.165) is 0 Å². The first-order valence-electron chi connectivity index (χ1n) is 7.24. The maximum absolute atomic E-state index is 11.9. The normalized spacial score (nSPS) is 10.5. The topological polar surface area (TPSA) is 144 Å². The molecule has 0 aromatic heterocycles. The van der Waals surface area contributed by atoms with Gasteiger partial charge in [-0.15, -0.1) is 0 Å². The molecule has 26 heavy (non-hydrogen) atoms. The fourth-order valence-electron chi connectivity index (χ4n) is 2.38. The lowest BCUT2D eigenvalue weighted by Gasteiger charge is -2.15. The molecule has 130 valence electrons. The molecule has 10 nitrogen and oxygen atoms in total.